The number of benzene rings is 3. The quantitative estimate of drug-likeness (QED) is 0.106. The van der Waals surface area contributed by atoms with Crippen molar-refractivity contribution in [1.29, 1.82) is 0 Å². The van der Waals surface area contributed by atoms with Gasteiger partial charge in [0.25, 0.3) is 0 Å². The monoisotopic (exact) mass is 627 g/mol. The topological polar surface area (TPSA) is 187 Å². The molecule has 4 aromatic rings. The number of hydrogen-bond donors (Lipinski definition) is 7. The Morgan fingerprint density at radius 1 is 0.717 bits per heavy atom. The molecule has 11 heteroatoms. The highest BCUT2D eigenvalue weighted by Gasteiger charge is 2.31. The molecule has 0 aliphatic carbocycles. The second-order valence-electron chi connectivity index (χ2n) is 11.9. The summed E-state index contributed by atoms with van der Waals surface area (Å²) >= 11 is 0. The van der Waals surface area contributed by atoms with E-state index in [2.05, 4.69) is 20.9 Å². The minimum atomic E-state index is -1.28. The van der Waals surface area contributed by atoms with Crippen LogP contribution in [0.1, 0.15) is 37.0 Å². The highest BCUT2D eigenvalue weighted by atomic mass is 16.4. The van der Waals surface area contributed by atoms with Crippen LogP contribution in [-0.2, 0) is 38.4 Å². The van der Waals surface area contributed by atoms with Crippen molar-refractivity contribution in [3.05, 3.63) is 102 Å². The Morgan fingerprint density at radius 2 is 1.30 bits per heavy atom. The molecule has 0 radical (unpaired) electrons. The molecule has 0 aliphatic heterocycles. The van der Waals surface area contributed by atoms with E-state index in [1.54, 1.807) is 18.3 Å². The van der Waals surface area contributed by atoms with Gasteiger partial charge in [-0.2, -0.15) is 0 Å². The molecule has 3 amide bonds. The van der Waals surface area contributed by atoms with Gasteiger partial charge >= 0.3 is 5.97 Å². The fourth-order valence-corrected chi connectivity index (χ4v) is 5.28. The lowest BCUT2D eigenvalue weighted by Gasteiger charge is -2.26. The van der Waals surface area contributed by atoms with E-state index in [1.165, 1.54) is 12.1 Å². The van der Waals surface area contributed by atoms with Crippen LogP contribution in [0.5, 0.6) is 5.75 Å². The Balaban J connectivity index is 1.52. The number of nitrogens with one attached hydrogen (secondary N) is 4. The van der Waals surface area contributed by atoms with Gasteiger partial charge in [0.05, 0.1) is 6.04 Å². The van der Waals surface area contributed by atoms with Gasteiger partial charge in [0, 0.05) is 29.9 Å². The Morgan fingerprint density at radius 3 is 1.98 bits per heavy atom. The van der Waals surface area contributed by atoms with E-state index in [0.717, 1.165) is 16.5 Å². The number of phenols is 1. The Hall–Kier alpha value is -5.16. The minimum absolute atomic E-state index is 0.00709. The molecule has 4 unspecified atom stereocenters. The molecule has 0 saturated heterocycles. The van der Waals surface area contributed by atoms with E-state index in [9.17, 15) is 29.4 Å². The summed E-state index contributed by atoms with van der Waals surface area (Å²) in [5.41, 5.74) is 9.23. The van der Waals surface area contributed by atoms with Gasteiger partial charge in [-0.1, -0.05) is 74.5 Å². The zero-order valence-corrected chi connectivity index (χ0v) is 25.9. The second-order valence-corrected chi connectivity index (χ2v) is 11.9. The number of aromatic hydroxyl groups is 1. The SMILES string of the molecule is CC(C)CC(NC(=O)C(N)Cc1ccccc1)C(=O)NC(Cc1ccc(O)cc1)C(=O)NC(Cc1c[nH]c2ccccc12)C(=O)O. The van der Waals surface area contributed by atoms with Crippen molar-refractivity contribution < 1.29 is 29.4 Å². The number of carbonyl (C=O) groups excluding carboxylic acids is 3. The molecular formula is C35H41N5O6. The van der Waals surface area contributed by atoms with Crippen LogP contribution in [0.4, 0.5) is 0 Å². The van der Waals surface area contributed by atoms with Crippen molar-refractivity contribution >= 4 is 34.6 Å². The maximum Gasteiger partial charge on any atom is 0.326 e. The summed E-state index contributed by atoms with van der Waals surface area (Å²) in [5, 5.41) is 28.7. The average molecular weight is 628 g/mol. The number of aromatic nitrogens is 1. The minimum Gasteiger partial charge on any atom is -0.508 e. The lowest BCUT2D eigenvalue weighted by atomic mass is 9.99. The zero-order chi connectivity index (χ0) is 33.2. The van der Waals surface area contributed by atoms with Gasteiger partial charge in [0.2, 0.25) is 17.7 Å². The van der Waals surface area contributed by atoms with Crippen LogP contribution >= 0.6 is 0 Å². The summed E-state index contributed by atoms with van der Waals surface area (Å²) in [6.45, 7) is 3.80. The summed E-state index contributed by atoms with van der Waals surface area (Å²) in [6, 6.07) is 18.5. The van der Waals surface area contributed by atoms with Crippen molar-refractivity contribution in [2.24, 2.45) is 11.7 Å². The first-order valence-electron chi connectivity index (χ1n) is 15.3. The number of carboxylic acids is 1. The number of phenolic OH excluding ortho intramolecular Hbond substituents is 1. The summed E-state index contributed by atoms with van der Waals surface area (Å²) in [5.74, 6) is -3.00. The van der Waals surface area contributed by atoms with Gasteiger partial charge in [0.1, 0.15) is 23.9 Å². The van der Waals surface area contributed by atoms with E-state index in [1.807, 2.05) is 68.4 Å². The predicted molar refractivity (Wildman–Crippen MR) is 175 cm³/mol. The molecule has 1 aromatic heterocycles. The van der Waals surface area contributed by atoms with Crippen LogP contribution in [0.25, 0.3) is 10.9 Å². The maximum atomic E-state index is 13.7. The van der Waals surface area contributed by atoms with E-state index in [4.69, 9.17) is 5.73 Å². The number of aliphatic carboxylic acids is 1. The van der Waals surface area contributed by atoms with Crippen LogP contribution in [0, 0.1) is 5.92 Å². The second kappa shape index (κ2) is 15.7. The van der Waals surface area contributed by atoms with Crippen LogP contribution < -0.4 is 21.7 Å². The molecule has 46 heavy (non-hydrogen) atoms. The molecule has 242 valence electrons. The molecule has 1 heterocycles. The first kappa shape index (κ1) is 33.7. The van der Waals surface area contributed by atoms with Crippen LogP contribution in [0.15, 0.2) is 85.1 Å². The third-order valence-corrected chi connectivity index (χ3v) is 7.70. The van der Waals surface area contributed by atoms with Gasteiger partial charge in [-0.05, 0) is 53.6 Å². The summed E-state index contributed by atoms with van der Waals surface area (Å²) < 4.78 is 0. The normalized spacial score (nSPS) is 13.8. The molecule has 4 atom stereocenters. The maximum absolute atomic E-state index is 13.7. The lowest BCUT2D eigenvalue weighted by Crippen LogP contribution is -2.58. The van der Waals surface area contributed by atoms with Gasteiger partial charge in [0.15, 0.2) is 0 Å². The Labute approximate surface area is 267 Å². The van der Waals surface area contributed by atoms with Crippen molar-refractivity contribution in [2.45, 2.75) is 63.7 Å². The third kappa shape index (κ3) is 9.42. The van der Waals surface area contributed by atoms with Crippen LogP contribution in [-0.4, -0.2) is 63.1 Å². The molecule has 0 spiro atoms. The number of aromatic amines is 1. The summed E-state index contributed by atoms with van der Waals surface area (Å²) in [6.07, 6.45) is 2.29. The van der Waals surface area contributed by atoms with Crippen molar-refractivity contribution in [2.75, 3.05) is 0 Å². The van der Waals surface area contributed by atoms with E-state index in [0.29, 0.717) is 11.1 Å². The number of para-hydroxylation sites is 1. The number of H-pyrrole nitrogens is 1. The zero-order valence-electron chi connectivity index (χ0n) is 25.9. The summed E-state index contributed by atoms with van der Waals surface area (Å²) in [7, 11) is 0. The van der Waals surface area contributed by atoms with Gasteiger partial charge in [-0.3, -0.25) is 14.4 Å². The van der Waals surface area contributed by atoms with Crippen molar-refractivity contribution in [3.8, 4) is 5.75 Å². The predicted octanol–water partition coefficient (Wildman–Crippen LogP) is 2.81. The van der Waals surface area contributed by atoms with Crippen molar-refractivity contribution in [1.82, 2.24) is 20.9 Å². The standard InChI is InChI=1S/C35H41N5O6/c1-21(2)16-29(38-32(42)27(36)17-22-8-4-3-5-9-22)33(43)39-30(18-23-12-14-25(41)15-13-23)34(44)40-31(35(45)46)19-24-20-37-28-11-7-6-10-26(24)28/h3-15,20-21,27,29-31,37,41H,16-19,36H2,1-2H3,(H,38,42)(H,39,43)(H,40,44)(H,45,46). The Kier molecular flexibility index (Phi) is 11.5. The van der Waals surface area contributed by atoms with E-state index in [-0.39, 0.29) is 37.4 Å². The number of hydrogen-bond acceptors (Lipinski definition) is 6. The molecule has 0 fully saturated rings. The fraction of sp³-hybridized carbons (Fsp3) is 0.314. The number of amides is 3. The largest absolute Gasteiger partial charge is 0.508 e. The van der Waals surface area contributed by atoms with Gasteiger partial charge in [-0.15, -0.1) is 0 Å². The molecular weight excluding hydrogens is 586 g/mol. The molecule has 0 saturated carbocycles. The van der Waals surface area contributed by atoms with Crippen molar-refractivity contribution in [3.63, 3.8) is 0 Å². The van der Waals surface area contributed by atoms with Crippen LogP contribution in [0.3, 0.4) is 0 Å². The Bertz CT molecular complexity index is 1640. The van der Waals surface area contributed by atoms with Gasteiger partial charge in [-0.25, -0.2) is 4.79 Å². The van der Waals surface area contributed by atoms with Gasteiger partial charge < -0.3 is 36.9 Å². The highest BCUT2D eigenvalue weighted by Crippen LogP contribution is 2.20. The molecule has 8 N–H and O–H groups in total. The number of rotatable bonds is 15. The average Bonchev–Trinajstić information content (AvgIpc) is 3.43. The smallest absolute Gasteiger partial charge is 0.326 e. The fourth-order valence-electron chi connectivity index (χ4n) is 5.28. The molecule has 4 rings (SSSR count). The van der Waals surface area contributed by atoms with Crippen LogP contribution in [0.2, 0.25) is 0 Å². The molecule has 0 aliphatic rings. The van der Waals surface area contributed by atoms with E-state index >= 15 is 0 Å². The van der Waals surface area contributed by atoms with E-state index < -0.39 is 47.9 Å². The highest BCUT2D eigenvalue weighted by molar-refractivity contribution is 5.94. The molecule has 11 nitrogen and oxygen atoms in total. The molecule has 3 aromatic carbocycles. The number of carbonyl (C=O) groups is 4. The lowest BCUT2D eigenvalue weighted by molar-refractivity contribution is -0.142. The summed E-state index contributed by atoms with van der Waals surface area (Å²) in [4.78, 5) is 55.8. The number of carboxylic acid groups (broad SMARTS) is 1. The third-order valence-electron chi connectivity index (χ3n) is 7.70. The number of fused-ring (bicyclic) bond motifs is 1. The first-order chi connectivity index (χ1) is 22.0. The molecule has 0 bridgehead atoms. The number of nitrogens with two attached hydrogens (primary N) is 1. The first-order valence-corrected chi connectivity index (χ1v) is 15.3.